The first-order valence-corrected chi connectivity index (χ1v) is 10.9. The summed E-state index contributed by atoms with van der Waals surface area (Å²) < 4.78 is 16.5. The van der Waals surface area contributed by atoms with Crippen molar-refractivity contribution in [2.75, 3.05) is 19.9 Å². The summed E-state index contributed by atoms with van der Waals surface area (Å²) in [5.41, 5.74) is 1.24. The van der Waals surface area contributed by atoms with E-state index in [1.807, 2.05) is 30.3 Å². The summed E-state index contributed by atoms with van der Waals surface area (Å²) >= 11 is 0. The maximum atomic E-state index is 13.0. The number of urea groups is 1. The fourth-order valence-corrected chi connectivity index (χ4v) is 3.99. The predicted molar refractivity (Wildman–Crippen MR) is 120 cm³/mol. The van der Waals surface area contributed by atoms with Crippen molar-refractivity contribution in [3.05, 3.63) is 53.6 Å². The third-order valence-corrected chi connectivity index (χ3v) is 5.85. The van der Waals surface area contributed by atoms with E-state index in [0.29, 0.717) is 37.5 Å². The van der Waals surface area contributed by atoms with E-state index in [0.717, 1.165) is 11.3 Å². The molecule has 2 aromatic carbocycles. The highest BCUT2D eigenvalue weighted by atomic mass is 16.7. The zero-order valence-electron chi connectivity index (χ0n) is 19.1. The van der Waals surface area contributed by atoms with E-state index < -0.39 is 5.54 Å². The van der Waals surface area contributed by atoms with Crippen LogP contribution in [0.5, 0.6) is 17.2 Å². The zero-order chi connectivity index (χ0) is 22.9. The minimum Gasteiger partial charge on any atom is -0.494 e. The average molecular weight is 439 g/mol. The maximum absolute atomic E-state index is 13.0. The first kappa shape index (κ1) is 22.0. The number of nitrogens with zero attached hydrogens (tertiary/aromatic N) is 1. The van der Waals surface area contributed by atoms with Gasteiger partial charge in [-0.15, -0.1) is 0 Å². The fraction of sp³-hybridized carbons (Fsp3) is 0.440. The molecule has 1 fully saturated rings. The van der Waals surface area contributed by atoms with E-state index >= 15 is 0 Å². The molecule has 0 aliphatic carbocycles. The Morgan fingerprint density at radius 2 is 1.78 bits per heavy atom. The Hall–Kier alpha value is -3.22. The lowest BCUT2D eigenvalue weighted by atomic mass is 9.87. The molecule has 170 valence electrons. The second-order valence-corrected chi connectivity index (χ2v) is 9.56. The van der Waals surface area contributed by atoms with Gasteiger partial charge in [0.15, 0.2) is 11.5 Å². The molecule has 2 aromatic rings. The molecule has 7 heteroatoms. The molecule has 1 atom stereocenters. The van der Waals surface area contributed by atoms with Gasteiger partial charge in [-0.25, -0.2) is 4.79 Å². The Balaban J connectivity index is 1.30. The third kappa shape index (κ3) is 4.52. The van der Waals surface area contributed by atoms with E-state index in [1.54, 1.807) is 6.92 Å². The first-order chi connectivity index (χ1) is 15.2. The van der Waals surface area contributed by atoms with Crippen molar-refractivity contribution in [2.45, 2.75) is 51.5 Å². The highest BCUT2D eigenvalue weighted by Crippen LogP contribution is 2.34. The lowest BCUT2D eigenvalue weighted by molar-refractivity contribution is -0.130. The highest BCUT2D eigenvalue weighted by molar-refractivity contribution is 6.06. The maximum Gasteiger partial charge on any atom is 0.325 e. The SMILES string of the molecule is CC1(Cc2ccc3c(c2)OCO3)NC(=O)N(CCCOc2ccc(C(C)(C)C)cc2)C1=O. The van der Waals surface area contributed by atoms with Gasteiger partial charge in [0.05, 0.1) is 6.61 Å². The molecule has 2 heterocycles. The van der Waals surface area contributed by atoms with Crippen molar-refractivity contribution in [2.24, 2.45) is 0 Å². The van der Waals surface area contributed by atoms with Crippen LogP contribution in [0, 0.1) is 0 Å². The van der Waals surface area contributed by atoms with Crippen molar-refractivity contribution in [3.63, 3.8) is 0 Å². The molecule has 2 aliphatic rings. The van der Waals surface area contributed by atoms with E-state index in [9.17, 15) is 9.59 Å². The van der Waals surface area contributed by atoms with E-state index in [4.69, 9.17) is 14.2 Å². The van der Waals surface area contributed by atoms with Gasteiger partial charge in [-0.1, -0.05) is 39.0 Å². The minimum atomic E-state index is -0.992. The van der Waals surface area contributed by atoms with Crippen molar-refractivity contribution in [1.29, 1.82) is 0 Å². The number of rotatable bonds is 7. The summed E-state index contributed by atoms with van der Waals surface area (Å²) in [6.07, 6.45) is 0.932. The number of benzene rings is 2. The van der Waals surface area contributed by atoms with Crippen LogP contribution in [-0.4, -0.2) is 42.3 Å². The van der Waals surface area contributed by atoms with Crippen LogP contribution in [0.15, 0.2) is 42.5 Å². The van der Waals surface area contributed by atoms with Crippen LogP contribution in [0.3, 0.4) is 0 Å². The summed E-state index contributed by atoms with van der Waals surface area (Å²) in [5.74, 6) is 1.90. The van der Waals surface area contributed by atoms with Crippen LogP contribution in [0.4, 0.5) is 4.79 Å². The highest BCUT2D eigenvalue weighted by Gasteiger charge is 2.47. The van der Waals surface area contributed by atoms with E-state index in [1.165, 1.54) is 10.5 Å². The van der Waals surface area contributed by atoms with Crippen LogP contribution in [0.25, 0.3) is 0 Å². The number of imide groups is 1. The number of fused-ring (bicyclic) bond motifs is 1. The smallest absolute Gasteiger partial charge is 0.325 e. The topological polar surface area (TPSA) is 77.1 Å². The van der Waals surface area contributed by atoms with Gasteiger partial charge in [0.2, 0.25) is 6.79 Å². The Morgan fingerprint density at radius 1 is 1.06 bits per heavy atom. The Morgan fingerprint density at radius 3 is 2.50 bits per heavy atom. The van der Waals surface area contributed by atoms with Gasteiger partial charge in [0.25, 0.3) is 5.91 Å². The third-order valence-electron chi connectivity index (χ3n) is 5.85. The second kappa shape index (κ2) is 8.37. The largest absolute Gasteiger partial charge is 0.494 e. The molecule has 0 saturated carbocycles. The minimum absolute atomic E-state index is 0.0925. The summed E-state index contributed by atoms with van der Waals surface area (Å²) in [6.45, 7) is 9.18. The lowest BCUT2D eigenvalue weighted by Gasteiger charge is -2.22. The normalized spacial score (nSPS) is 19.9. The molecular formula is C25H30N2O5. The summed E-state index contributed by atoms with van der Waals surface area (Å²) in [6, 6.07) is 13.2. The molecule has 7 nitrogen and oxygen atoms in total. The molecule has 3 amide bonds. The van der Waals surface area contributed by atoms with Crippen molar-refractivity contribution in [1.82, 2.24) is 10.2 Å². The van der Waals surface area contributed by atoms with E-state index in [2.05, 4.69) is 38.2 Å². The predicted octanol–water partition coefficient (Wildman–Crippen LogP) is 4.03. The van der Waals surface area contributed by atoms with Crippen LogP contribution < -0.4 is 19.5 Å². The summed E-state index contributed by atoms with van der Waals surface area (Å²) in [7, 11) is 0. The van der Waals surface area contributed by atoms with Crippen LogP contribution >= 0.6 is 0 Å². The number of ether oxygens (including phenoxy) is 3. The fourth-order valence-electron chi connectivity index (χ4n) is 3.99. The lowest BCUT2D eigenvalue weighted by Crippen LogP contribution is -2.46. The van der Waals surface area contributed by atoms with Crippen LogP contribution in [0.2, 0.25) is 0 Å². The van der Waals surface area contributed by atoms with Gasteiger partial charge in [-0.3, -0.25) is 9.69 Å². The first-order valence-electron chi connectivity index (χ1n) is 10.9. The standard InChI is InChI=1S/C25H30N2O5/c1-24(2,3)18-7-9-19(10-8-18)30-13-5-12-27-22(28)25(4,26-23(27)29)15-17-6-11-20-21(14-17)32-16-31-20/h6-11,14H,5,12-13,15-16H2,1-4H3,(H,26,29). The summed E-state index contributed by atoms with van der Waals surface area (Å²) in [5, 5.41) is 2.85. The van der Waals surface area contributed by atoms with Crippen LogP contribution in [0.1, 0.15) is 45.2 Å². The summed E-state index contributed by atoms with van der Waals surface area (Å²) in [4.78, 5) is 26.8. The van der Waals surface area contributed by atoms with Gasteiger partial charge >= 0.3 is 6.03 Å². The molecule has 0 bridgehead atoms. The number of carbonyl (C=O) groups excluding carboxylic acids is 2. The van der Waals surface area contributed by atoms with Gasteiger partial charge in [0, 0.05) is 13.0 Å². The number of amides is 3. The molecule has 4 rings (SSSR count). The molecule has 0 aromatic heterocycles. The quantitative estimate of drug-likeness (QED) is 0.522. The number of hydrogen-bond donors (Lipinski definition) is 1. The second-order valence-electron chi connectivity index (χ2n) is 9.56. The van der Waals surface area contributed by atoms with E-state index in [-0.39, 0.29) is 24.1 Å². The Bertz CT molecular complexity index is 1010. The Kier molecular flexibility index (Phi) is 5.75. The Labute approximate surface area is 188 Å². The van der Waals surface area contributed by atoms with Crippen molar-refractivity contribution in [3.8, 4) is 17.2 Å². The molecule has 32 heavy (non-hydrogen) atoms. The monoisotopic (exact) mass is 438 g/mol. The molecule has 1 saturated heterocycles. The molecule has 1 N–H and O–H groups in total. The number of carbonyl (C=O) groups is 2. The molecule has 1 unspecified atom stereocenters. The number of nitrogens with one attached hydrogen (secondary N) is 1. The van der Waals surface area contributed by atoms with Gasteiger partial charge < -0.3 is 19.5 Å². The molecule has 0 radical (unpaired) electrons. The molecule has 0 spiro atoms. The van der Waals surface area contributed by atoms with Crippen LogP contribution in [-0.2, 0) is 16.6 Å². The average Bonchev–Trinajstić information content (AvgIpc) is 3.28. The van der Waals surface area contributed by atoms with Gasteiger partial charge in [-0.05, 0) is 54.2 Å². The number of hydrogen-bond acceptors (Lipinski definition) is 5. The van der Waals surface area contributed by atoms with Gasteiger partial charge in [0.1, 0.15) is 11.3 Å². The van der Waals surface area contributed by atoms with Gasteiger partial charge in [-0.2, -0.15) is 0 Å². The molecule has 2 aliphatic heterocycles. The van der Waals surface area contributed by atoms with Crippen molar-refractivity contribution < 1.29 is 23.8 Å². The van der Waals surface area contributed by atoms with Crippen molar-refractivity contribution >= 4 is 11.9 Å². The zero-order valence-corrected chi connectivity index (χ0v) is 19.1. The molecular weight excluding hydrogens is 408 g/mol.